The van der Waals surface area contributed by atoms with Crippen molar-refractivity contribution in [2.24, 2.45) is 0 Å². The van der Waals surface area contributed by atoms with E-state index >= 15 is 0 Å². The molecule has 0 spiro atoms. The predicted octanol–water partition coefficient (Wildman–Crippen LogP) is 1.49. The number of hydrogen-bond donors (Lipinski definition) is 1. The Morgan fingerprint density at radius 2 is 2.11 bits per heavy atom. The second-order valence-corrected chi connectivity index (χ2v) is 5.39. The molecule has 1 saturated heterocycles. The molecule has 0 aromatic rings. The summed E-state index contributed by atoms with van der Waals surface area (Å²) in [4.78, 5) is 23.8. The average Bonchev–Trinajstić information content (AvgIpc) is 2.65. The van der Waals surface area contributed by atoms with E-state index in [0.717, 1.165) is 12.8 Å². The lowest BCUT2D eigenvalue weighted by atomic mass is 10.2. The first-order valence-corrected chi connectivity index (χ1v) is 6.09. The molecular weight excluding hydrogens is 238 g/mol. The first-order valence-electron chi connectivity index (χ1n) is 6.09. The normalized spacial score (nSPS) is 19.6. The molecular formula is C12H21NO5. The van der Waals surface area contributed by atoms with Gasteiger partial charge >= 0.3 is 12.1 Å². The van der Waals surface area contributed by atoms with Gasteiger partial charge in [0.05, 0.1) is 12.6 Å². The van der Waals surface area contributed by atoms with Gasteiger partial charge in [0.25, 0.3) is 0 Å². The Bertz CT molecular complexity index is 304. The fourth-order valence-corrected chi connectivity index (χ4v) is 1.73. The summed E-state index contributed by atoms with van der Waals surface area (Å²) >= 11 is 0. The summed E-state index contributed by atoms with van der Waals surface area (Å²) < 4.78 is 10.6. The van der Waals surface area contributed by atoms with Crippen molar-refractivity contribution in [1.29, 1.82) is 0 Å². The zero-order chi connectivity index (χ0) is 13.8. The van der Waals surface area contributed by atoms with Crippen molar-refractivity contribution in [2.45, 2.75) is 45.3 Å². The van der Waals surface area contributed by atoms with Gasteiger partial charge in [-0.3, -0.25) is 9.69 Å². The molecule has 0 aromatic heterocycles. The highest BCUT2D eigenvalue weighted by molar-refractivity contribution is 5.76. The number of hydrogen-bond acceptors (Lipinski definition) is 4. The van der Waals surface area contributed by atoms with Gasteiger partial charge in [0.2, 0.25) is 0 Å². The molecule has 6 heteroatoms. The summed E-state index contributed by atoms with van der Waals surface area (Å²) in [6.07, 6.45) is 1.09. The van der Waals surface area contributed by atoms with Crippen LogP contribution in [0.15, 0.2) is 0 Å². The first kappa shape index (κ1) is 14.8. The van der Waals surface area contributed by atoms with Crippen LogP contribution >= 0.6 is 0 Å². The third-order valence-electron chi connectivity index (χ3n) is 2.43. The maximum absolute atomic E-state index is 11.9. The summed E-state index contributed by atoms with van der Waals surface area (Å²) in [6.45, 7) is 5.80. The number of carbonyl (C=O) groups excluding carboxylic acids is 1. The van der Waals surface area contributed by atoms with E-state index in [4.69, 9.17) is 14.6 Å². The smallest absolute Gasteiger partial charge is 0.410 e. The van der Waals surface area contributed by atoms with E-state index in [1.165, 1.54) is 4.90 Å². The number of ether oxygens (including phenoxy) is 2. The van der Waals surface area contributed by atoms with Crippen molar-refractivity contribution < 1.29 is 24.2 Å². The molecule has 1 amide bonds. The van der Waals surface area contributed by atoms with Crippen LogP contribution in [-0.2, 0) is 14.3 Å². The van der Waals surface area contributed by atoms with E-state index in [-0.39, 0.29) is 19.2 Å². The van der Waals surface area contributed by atoms with Crippen molar-refractivity contribution in [3.05, 3.63) is 0 Å². The quantitative estimate of drug-likeness (QED) is 0.827. The van der Waals surface area contributed by atoms with Gasteiger partial charge in [0.15, 0.2) is 0 Å². The zero-order valence-corrected chi connectivity index (χ0v) is 11.1. The van der Waals surface area contributed by atoms with E-state index in [2.05, 4.69) is 0 Å². The van der Waals surface area contributed by atoms with Crippen molar-refractivity contribution in [3.8, 4) is 0 Å². The molecule has 6 nitrogen and oxygen atoms in total. The Hall–Kier alpha value is -1.30. The third-order valence-corrected chi connectivity index (χ3v) is 2.43. The molecule has 1 rings (SSSR count). The molecule has 0 radical (unpaired) electrons. The summed E-state index contributed by atoms with van der Waals surface area (Å²) in [5.41, 5.74) is -0.635. The third kappa shape index (κ3) is 5.35. The average molecular weight is 259 g/mol. The first-order chi connectivity index (χ1) is 8.28. The van der Waals surface area contributed by atoms with Crippen LogP contribution in [0.4, 0.5) is 4.79 Å². The molecule has 1 N–H and O–H groups in total. The van der Waals surface area contributed by atoms with E-state index in [1.807, 2.05) is 0 Å². The Labute approximate surface area is 107 Å². The van der Waals surface area contributed by atoms with Crippen molar-refractivity contribution in [3.63, 3.8) is 0 Å². The predicted molar refractivity (Wildman–Crippen MR) is 64.4 cm³/mol. The van der Waals surface area contributed by atoms with Gasteiger partial charge in [0, 0.05) is 6.61 Å². The number of nitrogens with zero attached hydrogens (tertiary/aromatic N) is 1. The number of carboxylic acids is 1. The maximum Gasteiger partial charge on any atom is 0.410 e. The summed E-state index contributed by atoms with van der Waals surface area (Å²) in [5, 5.41) is 8.81. The SMILES string of the molecule is CC(C)(C)OC(=O)N(CC(=O)O)CC1CCCO1. The van der Waals surface area contributed by atoms with Gasteiger partial charge in [-0.05, 0) is 33.6 Å². The van der Waals surface area contributed by atoms with Gasteiger partial charge in [0.1, 0.15) is 12.1 Å². The van der Waals surface area contributed by atoms with Crippen LogP contribution in [0, 0.1) is 0 Å². The summed E-state index contributed by atoms with van der Waals surface area (Å²) in [5.74, 6) is -1.06. The fraction of sp³-hybridized carbons (Fsp3) is 0.833. The summed E-state index contributed by atoms with van der Waals surface area (Å²) in [6, 6.07) is 0. The second-order valence-electron chi connectivity index (χ2n) is 5.39. The molecule has 0 aromatic carbocycles. The van der Waals surface area contributed by atoms with Crippen LogP contribution in [0.5, 0.6) is 0 Å². The molecule has 0 bridgehead atoms. The van der Waals surface area contributed by atoms with Crippen LogP contribution in [0.1, 0.15) is 33.6 Å². The Balaban J connectivity index is 2.58. The summed E-state index contributed by atoms with van der Waals surface area (Å²) in [7, 11) is 0. The molecule has 1 atom stereocenters. The second kappa shape index (κ2) is 6.04. The standard InChI is InChI=1S/C12H21NO5/c1-12(2,3)18-11(16)13(8-10(14)15)7-9-5-4-6-17-9/h9H,4-8H2,1-3H3,(H,14,15). The van der Waals surface area contributed by atoms with Crippen molar-refractivity contribution >= 4 is 12.1 Å². The highest BCUT2D eigenvalue weighted by atomic mass is 16.6. The lowest BCUT2D eigenvalue weighted by molar-refractivity contribution is -0.138. The van der Waals surface area contributed by atoms with Gasteiger partial charge in [-0.25, -0.2) is 4.79 Å². The largest absolute Gasteiger partial charge is 0.480 e. The number of carboxylic acid groups (broad SMARTS) is 1. The molecule has 1 fully saturated rings. The molecule has 1 aliphatic heterocycles. The van der Waals surface area contributed by atoms with Crippen molar-refractivity contribution in [2.75, 3.05) is 19.7 Å². The fourth-order valence-electron chi connectivity index (χ4n) is 1.73. The lowest BCUT2D eigenvalue weighted by Gasteiger charge is -2.27. The minimum Gasteiger partial charge on any atom is -0.480 e. The molecule has 0 saturated carbocycles. The van der Waals surface area contributed by atoms with Gasteiger partial charge in [-0.15, -0.1) is 0 Å². The van der Waals surface area contributed by atoms with Crippen LogP contribution in [0.3, 0.4) is 0 Å². The molecule has 1 aliphatic rings. The number of aliphatic carboxylic acids is 1. The Kier molecular flexibility index (Phi) is 4.95. The van der Waals surface area contributed by atoms with E-state index in [0.29, 0.717) is 6.61 Å². The molecule has 1 heterocycles. The zero-order valence-electron chi connectivity index (χ0n) is 11.1. The maximum atomic E-state index is 11.9. The lowest BCUT2D eigenvalue weighted by Crippen LogP contribution is -2.43. The number of amides is 1. The molecule has 1 unspecified atom stereocenters. The van der Waals surface area contributed by atoms with Crippen LogP contribution < -0.4 is 0 Å². The van der Waals surface area contributed by atoms with E-state index in [9.17, 15) is 9.59 Å². The Morgan fingerprint density at radius 1 is 1.44 bits per heavy atom. The van der Waals surface area contributed by atoms with Gasteiger partial charge < -0.3 is 14.6 Å². The van der Waals surface area contributed by atoms with Crippen LogP contribution in [-0.4, -0.2) is 53.5 Å². The van der Waals surface area contributed by atoms with Crippen LogP contribution in [0.2, 0.25) is 0 Å². The van der Waals surface area contributed by atoms with E-state index in [1.54, 1.807) is 20.8 Å². The highest BCUT2D eigenvalue weighted by Crippen LogP contribution is 2.15. The van der Waals surface area contributed by atoms with Gasteiger partial charge in [-0.2, -0.15) is 0 Å². The van der Waals surface area contributed by atoms with Gasteiger partial charge in [-0.1, -0.05) is 0 Å². The monoisotopic (exact) mass is 259 g/mol. The molecule has 0 aliphatic carbocycles. The minimum absolute atomic E-state index is 0.0862. The number of carbonyl (C=O) groups is 2. The van der Waals surface area contributed by atoms with E-state index < -0.39 is 17.7 Å². The van der Waals surface area contributed by atoms with Crippen LogP contribution in [0.25, 0.3) is 0 Å². The molecule has 18 heavy (non-hydrogen) atoms. The Morgan fingerprint density at radius 3 is 2.56 bits per heavy atom. The topological polar surface area (TPSA) is 76.1 Å². The number of rotatable bonds is 4. The minimum atomic E-state index is -1.06. The molecule has 104 valence electrons. The van der Waals surface area contributed by atoms with Crippen molar-refractivity contribution in [1.82, 2.24) is 4.90 Å². The highest BCUT2D eigenvalue weighted by Gasteiger charge is 2.27.